The predicted molar refractivity (Wildman–Crippen MR) is 89.5 cm³/mol. The molecule has 0 radical (unpaired) electrons. The lowest BCUT2D eigenvalue weighted by molar-refractivity contribution is -0.125. The molecule has 2 rings (SSSR count). The Kier molecular flexibility index (Phi) is 5.94. The highest BCUT2D eigenvalue weighted by Crippen LogP contribution is 2.20. The van der Waals surface area contributed by atoms with Gasteiger partial charge in [-0.05, 0) is 39.7 Å². The molecule has 0 aliphatic carbocycles. The van der Waals surface area contributed by atoms with Crippen molar-refractivity contribution in [3.8, 4) is 0 Å². The minimum absolute atomic E-state index is 0.158. The molecule has 8 nitrogen and oxygen atoms in total. The molecule has 0 unspecified atom stereocenters. The molecular formula is C16H25N5O3. The predicted octanol–water partition coefficient (Wildman–Crippen LogP) is 1.40. The van der Waals surface area contributed by atoms with Crippen LogP contribution in [-0.2, 0) is 9.53 Å². The summed E-state index contributed by atoms with van der Waals surface area (Å²) >= 11 is 0. The Bertz CT molecular complexity index is 559. The van der Waals surface area contributed by atoms with E-state index in [4.69, 9.17) is 4.74 Å². The summed E-state index contributed by atoms with van der Waals surface area (Å²) in [5, 5.41) is 5.85. The lowest BCUT2D eigenvalue weighted by atomic mass is 10.2. The monoisotopic (exact) mass is 335 g/mol. The summed E-state index contributed by atoms with van der Waals surface area (Å²) < 4.78 is 5.36. The Balaban J connectivity index is 1.77. The van der Waals surface area contributed by atoms with Crippen LogP contribution in [0.15, 0.2) is 18.5 Å². The first-order valence-corrected chi connectivity index (χ1v) is 8.15. The summed E-state index contributed by atoms with van der Waals surface area (Å²) in [5.74, 6) is 0.358. The summed E-state index contributed by atoms with van der Waals surface area (Å²) in [5.41, 5.74) is -0.569. The van der Waals surface area contributed by atoms with Crippen LogP contribution < -0.4 is 10.6 Å². The van der Waals surface area contributed by atoms with Crippen molar-refractivity contribution in [2.75, 3.05) is 25.0 Å². The number of carbonyl (C=O) groups excluding carboxylic acids is 2. The van der Waals surface area contributed by atoms with E-state index in [0.717, 1.165) is 6.42 Å². The number of nitrogens with zero attached hydrogens (tertiary/aromatic N) is 3. The number of rotatable bonds is 5. The fourth-order valence-corrected chi connectivity index (χ4v) is 2.45. The van der Waals surface area contributed by atoms with Crippen LogP contribution in [-0.4, -0.2) is 58.1 Å². The molecule has 1 aromatic rings. The van der Waals surface area contributed by atoms with Gasteiger partial charge >= 0.3 is 6.09 Å². The maximum Gasteiger partial charge on any atom is 0.410 e. The lowest BCUT2D eigenvalue weighted by Gasteiger charge is -2.28. The molecule has 0 spiro atoms. The highest BCUT2D eigenvalue weighted by Gasteiger charge is 2.36. The van der Waals surface area contributed by atoms with Gasteiger partial charge in [-0.3, -0.25) is 9.69 Å². The standard InChI is InChI=1S/C16H25N5O3/c1-16(2,3)24-15(23)21-11-4-6-12(21)13(22)17-9-10-20-14-18-7-5-8-19-14/h5,7-8,12H,4,6,9-11H2,1-3H3,(H,17,22)(H,18,19,20)/t12-/m1/s1. The average molecular weight is 335 g/mol. The molecule has 1 aliphatic heterocycles. The molecule has 2 N–H and O–H groups in total. The third-order valence-corrected chi connectivity index (χ3v) is 3.46. The van der Waals surface area contributed by atoms with Crippen LogP contribution in [0.1, 0.15) is 33.6 Å². The maximum absolute atomic E-state index is 12.3. The van der Waals surface area contributed by atoms with Crippen molar-refractivity contribution in [2.24, 2.45) is 0 Å². The van der Waals surface area contributed by atoms with Gasteiger partial charge in [0, 0.05) is 32.0 Å². The van der Waals surface area contributed by atoms with Gasteiger partial charge in [0.25, 0.3) is 0 Å². The first-order chi connectivity index (χ1) is 11.4. The molecule has 1 saturated heterocycles. The minimum Gasteiger partial charge on any atom is -0.444 e. The van der Waals surface area contributed by atoms with E-state index in [-0.39, 0.29) is 5.91 Å². The fourth-order valence-electron chi connectivity index (χ4n) is 2.45. The van der Waals surface area contributed by atoms with E-state index >= 15 is 0 Å². The molecule has 8 heteroatoms. The minimum atomic E-state index is -0.569. The summed E-state index contributed by atoms with van der Waals surface area (Å²) in [7, 11) is 0. The topological polar surface area (TPSA) is 96.5 Å². The summed E-state index contributed by atoms with van der Waals surface area (Å²) in [6, 6.07) is 1.27. The number of anilines is 1. The smallest absolute Gasteiger partial charge is 0.410 e. The Labute approximate surface area is 142 Å². The molecule has 1 atom stereocenters. The molecule has 24 heavy (non-hydrogen) atoms. The van der Waals surface area contributed by atoms with Crippen LogP contribution >= 0.6 is 0 Å². The van der Waals surface area contributed by atoms with Crippen LogP contribution in [0.3, 0.4) is 0 Å². The average Bonchev–Trinajstić information content (AvgIpc) is 3.00. The Morgan fingerprint density at radius 1 is 1.29 bits per heavy atom. The van der Waals surface area contributed by atoms with E-state index in [0.29, 0.717) is 32.0 Å². The first kappa shape index (κ1) is 18.0. The zero-order valence-electron chi connectivity index (χ0n) is 14.4. The van der Waals surface area contributed by atoms with E-state index in [1.165, 1.54) is 4.90 Å². The number of hydrogen-bond donors (Lipinski definition) is 2. The Hall–Kier alpha value is -2.38. The van der Waals surface area contributed by atoms with Crippen molar-refractivity contribution < 1.29 is 14.3 Å². The van der Waals surface area contributed by atoms with Crippen LogP contribution in [0.5, 0.6) is 0 Å². The summed E-state index contributed by atoms with van der Waals surface area (Å²) in [6.07, 6.45) is 4.31. The highest BCUT2D eigenvalue weighted by atomic mass is 16.6. The molecule has 1 fully saturated rings. The van der Waals surface area contributed by atoms with Crippen molar-refractivity contribution in [1.29, 1.82) is 0 Å². The van der Waals surface area contributed by atoms with Crippen LogP contribution in [0.25, 0.3) is 0 Å². The van der Waals surface area contributed by atoms with Crippen LogP contribution in [0.4, 0.5) is 10.7 Å². The number of carbonyl (C=O) groups is 2. The van der Waals surface area contributed by atoms with Gasteiger partial charge in [-0.1, -0.05) is 0 Å². The fraction of sp³-hybridized carbons (Fsp3) is 0.625. The van der Waals surface area contributed by atoms with Crippen LogP contribution in [0.2, 0.25) is 0 Å². The van der Waals surface area contributed by atoms with Crippen molar-refractivity contribution in [1.82, 2.24) is 20.2 Å². The van der Waals surface area contributed by atoms with Gasteiger partial charge in [0.2, 0.25) is 11.9 Å². The van der Waals surface area contributed by atoms with E-state index in [1.807, 2.05) is 20.8 Å². The Morgan fingerprint density at radius 3 is 2.67 bits per heavy atom. The SMILES string of the molecule is CC(C)(C)OC(=O)N1CCC[C@@H]1C(=O)NCCNc1ncccn1. The van der Waals surface area contributed by atoms with Gasteiger partial charge in [-0.2, -0.15) is 0 Å². The molecule has 2 heterocycles. The highest BCUT2D eigenvalue weighted by molar-refractivity contribution is 5.86. The van der Waals surface area contributed by atoms with Crippen molar-refractivity contribution in [3.05, 3.63) is 18.5 Å². The molecule has 2 amide bonds. The summed E-state index contributed by atoms with van der Waals surface area (Å²) in [6.45, 7) is 6.92. The second-order valence-corrected chi connectivity index (χ2v) is 6.62. The third kappa shape index (κ3) is 5.36. The maximum atomic E-state index is 12.3. The van der Waals surface area contributed by atoms with Gasteiger partial charge in [-0.25, -0.2) is 14.8 Å². The quantitative estimate of drug-likeness (QED) is 0.790. The number of hydrogen-bond acceptors (Lipinski definition) is 6. The number of amides is 2. The van der Waals surface area contributed by atoms with Gasteiger partial charge < -0.3 is 15.4 Å². The number of ether oxygens (including phenoxy) is 1. The van der Waals surface area contributed by atoms with E-state index < -0.39 is 17.7 Å². The van der Waals surface area contributed by atoms with Crippen molar-refractivity contribution >= 4 is 17.9 Å². The molecule has 0 aromatic carbocycles. The first-order valence-electron chi connectivity index (χ1n) is 8.15. The largest absolute Gasteiger partial charge is 0.444 e. The number of likely N-dealkylation sites (tertiary alicyclic amines) is 1. The van der Waals surface area contributed by atoms with Gasteiger partial charge in [0.05, 0.1) is 0 Å². The van der Waals surface area contributed by atoms with E-state index in [1.54, 1.807) is 18.5 Å². The number of nitrogens with one attached hydrogen (secondary N) is 2. The molecular weight excluding hydrogens is 310 g/mol. The van der Waals surface area contributed by atoms with E-state index in [2.05, 4.69) is 20.6 Å². The molecule has 0 bridgehead atoms. The lowest BCUT2D eigenvalue weighted by Crippen LogP contribution is -2.48. The zero-order valence-corrected chi connectivity index (χ0v) is 14.4. The van der Waals surface area contributed by atoms with Gasteiger partial charge in [0.15, 0.2) is 0 Å². The Morgan fingerprint density at radius 2 is 2.00 bits per heavy atom. The van der Waals surface area contributed by atoms with Crippen molar-refractivity contribution in [2.45, 2.75) is 45.3 Å². The third-order valence-electron chi connectivity index (χ3n) is 3.46. The normalized spacial score (nSPS) is 17.5. The molecule has 1 aromatic heterocycles. The van der Waals surface area contributed by atoms with Gasteiger partial charge in [-0.15, -0.1) is 0 Å². The van der Waals surface area contributed by atoms with Gasteiger partial charge in [0.1, 0.15) is 11.6 Å². The second kappa shape index (κ2) is 7.94. The zero-order chi connectivity index (χ0) is 17.6. The van der Waals surface area contributed by atoms with Crippen molar-refractivity contribution in [3.63, 3.8) is 0 Å². The molecule has 0 saturated carbocycles. The molecule has 1 aliphatic rings. The molecule has 132 valence electrons. The van der Waals surface area contributed by atoms with Crippen LogP contribution in [0, 0.1) is 0 Å². The number of aromatic nitrogens is 2. The van der Waals surface area contributed by atoms with E-state index in [9.17, 15) is 9.59 Å². The summed E-state index contributed by atoms with van der Waals surface area (Å²) in [4.78, 5) is 34.1. The second-order valence-electron chi connectivity index (χ2n) is 6.62.